The number of likely N-dealkylation sites (tertiary alicyclic amines) is 1. The average molecular weight is 399 g/mol. The van der Waals surface area contributed by atoms with Gasteiger partial charge in [0.2, 0.25) is 5.91 Å². The maximum Gasteiger partial charge on any atom is 0.239 e. The largest absolute Gasteiger partial charge is 0.493 e. The van der Waals surface area contributed by atoms with Crippen molar-refractivity contribution in [3.63, 3.8) is 0 Å². The van der Waals surface area contributed by atoms with Crippen LogP contribution in [0.1, 0.15) is 56.2 Å². The van der Waals surface area contributed by atoms with E-state index in [4.69, 9.17) is 9.47 Å². The zero-order chi connectivity index (χ0) is 20.2. The molecule has 0 spiro atoms. The molecular formula is C22H30N4O3. The third-order valence-corrected chi connectivity index (χ3v) is 6.11. The predicted molar refractivity (Wildman–Crippen MR) is 111 cm³/mol. The number of aromatic nitrogens is 2. The molecule has 2 fully saturated rings. The number of anilines is 1. The zero-order valence-corrected chi connectivity index (χ0v) is 17.3. The highest BCUT2D eigenvalue weighted by Gasteiger charge is 2.29. The summed E-state index contributed by atoms with van der Waals surface area (Å²) in [7, 11) is 3.29. The minimum atomic E-state index is 0.0112. The number of hydrogen-bond acceptors (Lipinski definition) is 5. The summed E-state index contributed by atoms with van der Waals surface area (Å²) in [6.45, 7) is 1.28. The lowest BCUT2D eigenvalue weighted by Gasteiger charge is -2.25. The lowest BCUT2D eigenvalue weighted by atomic mass is 10.0. The molecule has 1 amide bonds. The maximum atomic E-state index is 12.8. The SMILES string of the molecule is COc1ccc(C2CCCN2CC(=O)Nc2ccnn2C2CCCC2)cc1OC. The lowest BCUT2D eigenvalue weighted by Crippen LogP contribution is -2.33. The fraction of sp³-hybridized carbons (Fsp3) is 0.545. The van der Waals surface area contributed by atoms with Crippen LogP contribution in [0.5, 0.6) is 11.5 Å². The van der Waals surface area contributed by atoms with Crippen LogP contribution in [0.3, 0.4) is 0 Å². The number of rotatable bonds is 7. The number of carbonyl (C=O) groups is 1. The van der Waals surface area contributed by atoms with Crippen LogP contribution in [0.25, 0.3) is 0 Å². The maximum absolute atomic E-state index is 12.8. The molecule has 1 atom stereocenters. The number of benzene rings is 1. The van der Waals surface area contributed by atoms with Crippen LogP contribution in [0.4, 0.5) is 5.82 Å². The van der Waals surface area contributed by atoms with Gasteiger partial charge in [0.05, 0.1) is 33.0 Å². The Labute approximate surface area is 172 Å². The molecule has 2 heterocycles. The normalized spacial score (nSPS) is 20.1. The summed E-state index contributed by atoms with van der Waals surface area (Å²) in [5.74, 6) is 2.27. The van der Waals surface area contributed by atoms with Crippen LogP contribution in [0, 0.1) is 0 Å². The van der Waals surface area contributed by atoms with Crippen molar-refractivity contribution in [2.24, 2.45) is 0 Å². The van der Waals surface area contributed by atoms with Gasteiger partial charge in [0, 0.05) is 12.1 Å². The Kier molecular flexibility index (Phi) is 6.04. The van der Waals surface area contributed by atoms with E-state index >= 15 is 0 Å². The summed E-state index contributed by atoms with van der Waals surface area (Å²) < 4.78 is 12.8. The van der Waals surface area contributed by atoms with Crippen LogP contribution in [-0.4, -0.2) is 47.9 Å². The molecule has 7 heteroatoms. The molecule has 1 aromatic heterocycles. The Bertz CT molecular complexity index is 844. The summed E-state index contributed by atoms with van der Waals surface area (Å²) in [6, 6.07) is 8.54. The van der Waals surface area contributed by atoms with Crippen molar-refractivity contribution in [3.8, 4) is 11.5 Å². The molecule has 1 aliphatic heterocycles. The highest BCUT2D eigenvalue weighted by Crippen LogP contribution is 2.37. The predicted octanol–water partition coefficient (Wildman–Crippen LogP) is 3.79. The first-order chi connectivity index (χ1) is 14.2. The van der Waals surface area contributed by atoms with Gasteiger partial charge in [-0.15, -0.1) is 0 Å². The second kappa shape index (κ2) is 8.86. The van der Waals surface area contributed by atoms with E-state index in [0.717, 1.165) is 55.1 Å². The van der Waals surface area contributed by atoms with Crippen molar-refractivity contribution in [3.05, 3.63) is 36.0 Å². The van der Waals surface area contributed by atoms with E-state index in [1.54, 1.807) is 20.4 Å². The summed E-state index contributed by atoms with van der Waals surface area (Å²) in [5.41, 5.74) is 1.16. The van der Waals surface area contributed by atoms with Crippen LogP contribution in [0.2, 0.25) is 0 Å². The molecule has 1 saturated carbocycles. The van der Waals surface area contributed by atoms with Crippen LogP contribution >= 0.6 is 0 Å². The van der Waals surface area contributed by atoms with Crippen molar-refractivity contribution in [1.29, 1.82) is 0 Å². The van der Waals surface area contributed by atoms with Crippen molar-refractivity contribution in [2.45, 2.75) is 50.6 Å². The second-order valence-corrected chi connectivity index (χ2v) is 7.89. The van der Waals surface area contributed by atoms with Gasteiger partial charge in [0.1, 0.15) is 5.82 Å². The second-order valence-electron chi connectivity index (χ2n) is 7.89. The fourth-order valence-corrected chi connectivity index (χ4v) is 4.67. The molecule has 2 aliphatic rings. The molecule has 4 rings (SSSR count). The Morgan fingerprint density at radius 3 is 2.66 bits per heavy atom. The minimum absolute atomic E-state index is 0.0112. The minimum Gasteiger partial charge on any atom is -0.493 e. The average Bonchev–Trinajstić information content (AvgIpc) is 3.49. The van der Waals surface area contributed by atoms with Gasteiger partial charge >= 0.3 is 0 Å². The smallest absolute Gasteiger partial charge is 0.239 e. The summed E-state index contributed by atoms with van der Waals surface area (Å²) in [5, 5.41) is 7.53. The topological polar surface area (TPSA) is 68.6 Å². The summed E-state index contributed by atoms with van der Waals surface area (Å²) in [4.78, 5) is 15.0. The van der Waals surface area contributed by atoms with Crippen LogP contribution in [-0.2, 0) is 4.79 Å². The van der Waals surface area contributed by atoms with Gasteiger partial charge in [-0.2, -0.15) is 5.10 Å². The van der Waals surface area contributed by atoms with Gasteiger partial charge in [-0.25, -0.2) is 4.68 Å². The molecule has 156 valence electrons. The fourth-order valence-electron chi connectivity index (χ4n) is 4.67. The first-order valence-corrected chi connectivity index (χ1v) is 10.5. The van der Waals surface area contributed by atoms with Gasteiger partial charge in [0.15, 0.2) is 11.5 Å². The highest BCUT2D eigenvalue weighted by molar-refractivity contribution is 5.91. The van der Waals surface area contributed by atoms with E-state index < -0.39 is 0 Å². The van der Waals surface area contributed by atoms with Crippen molar-refractivity contribution < 1.29 is 14.3 Å². The van der Waals surface area contributed by atoms with Gasteiger partial charge in [-0.3, -0.25) is 9.69 Å². The van der Waals surface area contributed by atoms with Gasteiger partial charge in [-0.1, -0.05) is 18.9 Å². The van der Waals surface area contributed by atoms with E-state index in [1.165, 1.54) is 12.8 Å². The van der Waals surface area contributed by atoms with Crippen molar-refractivity contribution >= 4 is 11.7 Å². The van der Waals surface area contributed by atoms with Crippen molar-refractivity contribution in [1.82, 2.24) is 14.7 Å². The van der Waals surface area contributed by atoms with E-state index in [1.807, 2.05) is 22.9 Å². The number of amides is 1. The molecule has 0 bridgehead atoms. The molecule has 1 aromatic carbocycles. The van der Waals surface area contributed by atoms with Crippen LogP contribution < -0.4 is 14.8 Å². The molecule has 1 N–H and O–H groups in total. The van der Waals surface area contributed by atoms with Crippen LogP contribution in [0.15, 0.2) is 30.5 Å². The molecule has 1 aliphatic carbocycles. The Morgan fingerprint density at radius 2 is 1.90 bits per heavy atom. The molecular weight excluding hydrogens is 368 g/mol. The number of methoxy groups -OCH3 is 2. The Morgan fingerprint density at radius 1 is 1.10 bits per heavy atom. The zero-order valence-electron chi connectivity index (χ0n) is 17.3. The van der Waals surface area contributed by atoms with Crippen molar-refractivity contribution in [2.75, 3.05) is 32.6 Å². The van der Waals surface area contributed by atoms with Gasteiger partial charge < -0.3 is 14.8 Å². The highest BCUT2D eigenvalue weighted by atomic mass is 16.5. The van der Waals surface area contributed by atoms with E-state index in [-0.39, 0.29) is 11.9 Å². The lowest BCUT2D eigenvalue weighted by molar-refractivity contribution is -0.117. The Balaban J connectivity index is 1.42. The molecule has 29 heavy (non-hydrogen) atoms. The summed E-state index contributed by atoms with van der Waals surface area (Å²) >= 11 is 0. The first kappa shape index (κ1) is 19.8. The quantitative estimate of drug-likeness (QED) is 0.768. The van der Waals surface area contributed by atoms with E-state index in [0.29, 0.717) is 12.6 Å². The van der Waals surface area contributed by atoms with E-state index in [2.05, 4.69) is 21.4 Å². The monoisotopic (exact) mass is 398 g/mol. The first-order valence-electron chi connectivity index (χ1n) is 10.5. The molecule has 7 nitrogen and oxygen atoms in total. The Hall–Kier alpha value is -2.54. The molecule has 0 radical (unpaired) electrons. The third kappa shape index (κ3) is 4.24. The molecule has 1 unspecified atom stereocenters. The number of carbonyl (C=O) groups excluding carboxylic acids is 1. The number of nitrogens with zero attached hydrogens (tertiary/aromatic N) is 3. The molecule has 2 aromatic rings. The summed E-state index contributed by atoms with van der Waals surface area (Å²) in [6.07, 6.45) is 8.62. The number of ether oxygens (including phenoxy) is 2. The number of hydrogen-bond donors (Lipinski definition) is 1. The third-order valence-electron chi connectivity index (χ3n) is 6.11. The standard InChI is InChI=1S/C22H30N4O3/c1-28-19-10-9-16(14-20(19)29-2)18-8-5-13-25(18)15-22(27)24-21-11-12-23-26(21)17-6-3-4-7-17/h9-12,14,17-18H,3-8,13,15H2,1-2H3,(H,24,27). The van der Waals surface area contributed by atoms with E-state index in [9.17, 15) is 4.79 Å². The van der Waals surface area contributed by atoms with Gasteiger partial charge in [0.25, 0.3) is 0 Å². The number of nitrogens with one attached hydrogen (secondary N) is 1. The molecule has 1 saturated heterocycles. The van der Waals surface area contributed by atoms with Gasteiger partial charge in [-0.05, 0) is 49.9 Å².